The van der Waals surface area contributed by atoms with Crippen LogP contribution in [0.5, 0.6) is 0 Å². The Balaban J connectivity index is 1.06. The molecule has 0 radical (unpaired) electrons. The largest absolute Gasteiger partial charge is 0.449 e. The number of likely N-dealkylation sites (tertiary alicyclic amines) is 1. The molecule has 0 bridgehead atoms. The summed E-state index contributed by atoms with van der Waals surface area (Å²) in [5.74, 6) is 6.84. The highest BCUT2D eigenvalue weighted by Crippen LogP contribution is 2.33. The first-order valence-corrected chi connectivity index (χ1v) is 14.6. The number of rotatable bonds is 6. The zero-order valence-corrected chi connectivity index (χ0v) is 22.9. The lowest BCUT2D eigenvalue weighted by atomic mass is 9.94. The molecule has 1 unspecified atom stereocenters. The third kappa shape index (κ3) is 6.10. The van der Waals surface area contributed by atoms with E-state index in [-0.39, 0.29) is 29.4 Å². The monoisotopic (exact) mass is 567 g/mol. The van der Waals surface area contributed by atoms with Gasteiger partial charge in [-0.15, -0.1) is 0 Å². The van der Waals surface area contributed by atoms with Gasteiger partial charge in [0.25, 0.3) is 5.91 Å². The van der Waals surface area contributed by atoms with E-state index in [1.165, 1.54) is 23.7 Å². The van der Waals surface area contributed by atoms with Crippen LogP contribution >= 0.6 is 0 Å². The molecule has 6 rings (SSSR count). The number of nitrogens with two attached hydrogens (primary N) is 1. The first-order valence-electron chi connectivity index (χ1n) is 14.6. The van der Waals surface area contributed by atoms with E-state index in [1.54, 1.807) is 4.90 Å². The van der Waals surface area contributed by atoms with Gasteiger partial charge >= 0.3 is 6.09 Å². The smallest absolute Gasteiger partial charge is 0.409 e. The molecule has 13 heteroatoms. The van der Waals surface area contributed by atoms with Gasteiger partial charge in [-0.05, 0) is 56.3 Å². The molecule has 13 nitrogen and oxygen atoms in total. The van der Waals surface area contributed by atoms with Crippen molar-refractivity contribution in [3.63, 3.8) is 0 Å². The fourth-order valence-corrected chi connectivity index (χ4v) is 5.85. The minimum absolute atomic E-state index is 0.0903. The Bertz CT molecular complexity index is 1340. The number of nitrogen functional groups attached to an aromatic ring is 1. The highest BCUT2D eigenvalue weighted by Gasteiger charge is 2.48. The maximum atomic E-state index is 12.5. The first kappa shape index (κ1) is 27.7. The van der Waals surface area contributed by atoms with Crippen LogP contribution in [0.15, 0.2) is 6.33 Å². The van der Waals surface area contributed by atoms with Crippen LogP contribution in [0, 0.1) is 23.7 Å². The number of fused-ring (bicyclic) bond motifs is 1. The van der Waals surface area contributed by atoms with Gasteiger partial charge in [-0.1, -0.05) is 18.8 Å². The Morgan fingerprint density at radius 3 is 2.56 bits per heavy atom. The van der Waals surface area contributed by atoms with Crippen molar-refractivity contribution in [1.29, 1.82) is 0 Å². The predicted molar refractivity (Wildman–Crippen MR) is 146 cm³/mol. The molecular formula is C28H37N7O6. The van der Waals surface area contributed by atoms with E-state index < -0.39 is 30.4 Å². The minimum Gasteiger partial charge on any atom is -0.449 e. The molecule has 2 aliphatic heterocycles. The molecule has 0 aromatic carbocycles. The summed E-state index contributed by atoms with van der Waals surface area (Å²) in [6.07, 6.45) is 4.94. The molecule has 4 aliphatic rings. The average Bonchev–Trinajstić information content (AvgIpc) is 3.32. The second-order valence-corrected chi connectivity index (χ2v) is 11.6. The molecule has 2 amide bonds. The summed E-state index contributed by atoms with van der Waals surface area (Å²) in [5, 5.41) is 24.0. The predicted octanol–water partition coefficient (Wildman–Crippen LogP) is 1.09. The number of aliphatic hydroxyl groups excluding tert-OH is 2. The van der Waals surface area contributed by atoms with E-state index >= 15 is 0 Å². The third-order valence-corrected chi connectivity index (χ3v) is 8.52. The van der Waals surface area contributed by atoms with E-state index in [9.17, 15) is 19.8 Å². The molecule has 4 fully saturated rings. The van der Waals surface area contributed by atoms with E-state index in [1.807, 2.05) is 0 Å². The molecule has 2 saturated carbocycles. The van der Waals surface area contributed by atoms with Crippen LogP contribution in [0.1, 0.15) is 69.8 Å². The number of ether oxygens (including phenoxy) is 2. The molecule has 2 aromatic heterocycles. The van der Waals surface area contributed by atoms with Gasteiger partial charge in [-0.3, -0.25) is 9.36 Å². The molecule has 220 valence electrons. The number of amides is 2. The molecule has 2 saturated heterocycles. The quantitative estimate of drug-likeness (QED) is 0.369. The van der Waals surface area contributed by atoms with Crippen LogP contribution in [0.4, 0.5) is 10.6 Å². The Kier molecular flexibility index (Phi) is 7.96. The van der Waals surface area contributed by atoms with Crippen LogP contribution in [0.3, 0.4) is 0 Å². The number of hydrogen-bond donors (Lipinski definition) is 4. The number of imidazole rings is 1. The van der Waals surface area contributed by atoms with Gasteiger partial charge in [0.15, 0.2) is 23.8 Å². The van der Waals surface area contributed by atoms with Crippen molar-refractivity contribution in [1.82, 2.24) is 29.7 Å². The average molecular weight is 568 g/mol. The van der Waals surface area contributed by atoms with Crippen molar-refractivity contribution in [3.8, 4) is 11.8 Å². The van der Waals surface area contributed by atoms with Gasteiger partial charge < -0.3 is 35.6 Å². The van der Waals surface area contributed by atoms with E-state index in [2.05, 4.69) is 32.1 Å². The van der Waals surface area contributed by atoms with Crippen molar-refractivity contribution < 1.29 is 29.3 Å². The van der Waals surface area contributed by atoms with Crippen LogP contribution in [0.2, 0.25) is 0 Å². The van der Waals surface area contributed by atoms with E-state index in [4.69, 9.17) is 15.2 Å². The van der Waals surface area contributed by atoms with Crippen LogP contribution in [-0.4, -0.2) is 90.7 Å². The number of piperidine rings is 1. The fraction of sp³-hybridized carbons (Fsp3) is 0.679. The maximum absolute atomic E-state index is 12.5. The summed E-state index contributed by atoms with van der Waals surface area (Å²) in [4.78, 5) is 39.7. The molecule has 41 heavy (non-hydrogen) atoms. The lowest BCUT2D eigenvalue weighted by Gasteiger charge is -2.30. The van der Waals surface area contributed by atoms with Crippen molar-refractivity contribution in [2.24, 2.45) is 11.8 Å². The number of nitrogens with one attached hydrogen (secondary N) is 1. The fourth-order valence-electron chi connectivity index (χ4n) is 5.85. The number of aliphatic hydroxyl groups is 2. The Morgan fingerprint density at radius 1 is 1.07 bits per heavy atom. The third-order valence-electron chi connectivity index (χ3n) is 8.52. The Hall–Kier alpha value is -3.47. The van der Waals surface area contributed by atoms with Gasteiger partial charge in [0.1, 0.15) is 17.7 Å². The summed E-state index contributed by atoms with van der Waals surface area (Å²) >= 11 is 0. The van der Waals surface area contributed by atoms with Crippen LogP contribution in [-0.2, 0) is 14.3 Å². The zero-order valence-electron chi connectivity index (χ0n) is 22.9. The summed E-state index contributed by atoms with van der Waals surface area (Å²) in [6.45, 7) is 1.83. The zero-order chi connectivity index (χ0) is 28.5. The van der Waals surface area contributed by atoms with Gasteiger partial charge in [0.2, 0.25) is 5.82 Å². The van der Waals surface area contributed by atoms with Gasteiger partial charge in [0, 0.05) is 25.6 Å². The Morgan fingerprint density at radius 2 is 1.83 bits per heavy atom. The number of hydrogen-bond acceptors (Lipinski definition) is 10. The second-order valence-electron chi connectivity index (χ2n) is 11.6. The maximum Gasteiger partial charge on any atom is 0.409 e. The lowest BCUT2D eigenvalue weighted by molar-refractivity contribution is -0.137. The standard InChI is InChI=1S/C28H37N7O6/c29-24-20-25(35(15-30-20)27-22(37)21(36)23(41-27)26(38)31-18-8-9-18)33-19(32-24)7-3-6-16-10-12-34(13-11-16)28(39)40-14-17-4-1-2-5-17/h15-18,21-23,27,36-37H,1-2,4-6,8-14H2,(H,31,38)(H2,29,32,33)/t21?,22-,23-,27+/m0/s1. The normalized spacial score (nSPS) is 27.1. The topological polar surface area (TPSA) is 178 Å². The van der Waals surface area contributed by atoms with Crippen molar-refractivity contribution in [2.75, 3.05) is 25.4 Å². The first-order chi connectivity index (χ1) is 19.9. The van der Waals surface area contributed by atoms with Crippen molar-refractivity contribution in [2.45, 2.75) is 88.4 Å². The Labute approximate surface area is 237 Å². The van der Waals surface area contributed by atoms with Crippen LogP contribution < -0.4 is 11.1 Å². The van der Waals surface area contributed by atoms with Crippen molar-refractivity contribution in [3.05, 3.63) is 12.2 Å². The van der Waals surface area contributed by atoms with E-state index in [0.29, 0.717) is 43.5 Å². The number of anilines is 1. The highest BCUT2D eigenvalue weighted by atomic mass is 16.6. The lowest BCUT2D eigenvalue weighted by Crippen LogP contribution is -2.43. The highest BCUT2D eigenvalue weighted by molar-refractivity contribution is 5.83. The molecule has 5 N–H and O–H groups in total. The molecule has 2 aliphatic carbocycles. The molecule has 4 heterocycles. The molecule has 0 spiro atoms. The molecule has 4 atom stereocenters. The van der Waals surface area contributed by atoms with Gasteiger partial charge in [-0.25, -0.2) is 19.7 Å². The number of nitrogens with zero attached hydrogens (tertiary/aromatic N) is 5. The molecule has 2 aromatic rings. The summed E-state index contributed by atoms with van der Waals surface area (Å²) in [6, 6.07) is 0.0903. The number of carbonyl (C=O) groups is 2. The van der Waals surface area contributed by atoms with Crippen molar-refractivity contribution >= 4 is 29.0 Å². The molecular weight excluding hydrogens is 530 g/mol. The summed E-state index contributed by atoms with van der Waals surface area (Å²) < 4.78 is 12.8. The second kappa shape index (κ2) is 11.8. The summed E-state index contributed by atoms with van der Waals surface area (Å²) in [7, 11) is 0. The van der Waals surface area contributed by atoms with Crippen LogP contribution in [0.25, 0.3) is 11.2 Å². The number of carbonyl (C=O) groups excluding carboxylic acids is 2. The van der Waals surface area contributed by atoms with Gasteiger partial charge in [-0.2, -0.15) is 0 Å². The number of aromatic nitrogens is 4. The minimum atomic E-state index is -1.41. The SMILES string of the molecule is Nc1nc(C#CCC2CCN(C(=O)OCC3CCCC3)CC2)nc2c1ncn2[C@@H]1O[C@H](C(=O)NC2CC2)C(O)[C@@H]1O. The summed E-state index contributed by atoms with van der Waals surface area (Å²) in [5.41, 5.74) is 6.72. The van der Waals surface area contributed by atoms with E-state index in [0.717, 1.165) is 38.5 Å². The van der Waals surface area contributed by atoms with Gasteiger partial charge in [0.05, 0.1) is 12.9 Å².